The fourth-order valence-electron chi connectivity index (χ4n) is 3.48. The van der Waals surface area contributed by atoms with Gasteiger partial charge in [0.2, 0.25) is 0 Å². The highest BCUT2D eigenvalue weighted by molar-refractivity contribution is 7.99. The molecule has 168 valence electrons. The smallest absolute Gasteiger partial charge is 0.127 e. The summed E-state index contributed by atoms with van der Waals surface area (Å²) in [7, 11) is 1.68. The first-order chi connectivity index (χ1) is 16.2. The van der Waals surface area contributed by atoms with Gasteiger partial charge in [-0.1, -0.05) is 49.7 Å². The van der Waals surface area contributed by atoms with E-state index in [9.17, 15) is 0 Å². The van der Waals surface area contributed by atoms with E-state index in [1.54, 1.807) is 24.7 Å². The molecule has 0 aliphatic rings. The zero-order valence-electron chi connectivity index (χ0n) is 19.2. The Labute approximate surface area is 204 Å². The summed E-state index contributed by atoms with van der Waals surface area (Å²) < 4.78 is 6.81. The first-order valence-corrected chi connectivity index (χ1v) is 13.0. The summed E-state index contributed by atoms with van der Waals surface area (Å²) in [6.45, 7) is 4.22. The van der Waals surface area contributed by atoms with Gasteiger partial charge in [-0.15, -0.1) is 23.1 Å². The third-order valence-corrected chi connectivity index (χ3v) is 7.69. The van der Waals surface area contributed by atoms with E-state index in [4.69, 9.17) is 4.74 Å². The van der Waals surface area contributed by atoms with Crippen LogP contribution in [0, 0.1) is 0 Å². The molecule has 0 amide bonds. The first-order valence-electron chi connectivity index (χ1n) is 11.2. The van der Waals surface area contributed by atoms with E-state index in [1.807, 2.05) is 24.8 Å². The van der Waals surface area contributed by atoms with Crippen LogP contribution >= 0.6 is 23.1 Å². The number of unbranched alkanes of at least 4 members (excludes halogenated alkanes) is 1. The molecule has 0 unspecified atom stereocenters. The molecule has 0 atom stereocenters. The summed E-state index contributed by atoms with van der Waals surface area (Å²) in [5.41, 5.74) is 4.12. The van der Waals surface area contributed by atoms with E-state index in [-0.39, 0.29) is 0 Å². The van der Waals surface area contributed by atoms with Crippen LogP contribution < -0.4 is 4.74 Å². The van der Waals surface area contributed by atoms with Crippen LogP contribution in [0.15, 0.2) is 87.9 Å². The van der Waals surface area contributed by atoms with Crippen LogP contribution in [0.4, 0.5) is 0 Å². The standard InChI is InChI=1S/C28H28N2OS2/c1-4-5-16-32-25-13-10-21(11-14-25)22-12-15-26(31-3)24(17-22)19-29-30-20(2)28-18-23-8-6-7-9-27(23)33-28/h6-15,17-19H,4-5,16H2,1-3H3/b29-19+,30-20+. The lowest BCUT2D eigenvalue weighted by atomic mass is 10.0. The fraction of sp³-hybridized carbons (Fsp3) is 0.214. The van der Waals surface area contributed by atoms with Gasteiger partial charge in [0.25, 0.3) is 0 Å². The Kier molecular flexibility index (Phi) is 7.97. The summed E-state index contributed by atoms with van der Waals surface area (Å²) in [4.78, 5) is 2.44. The van der Waals surface area contributed by atoms with Crippen molar-refractivity contribution in [3.05, 3.63) is 83.2 Å². The summed E-state index contributed by atoms with van der Waals surface area (Å²) >= 11 is 3.65. The van der Waals surface area contributed by atoms with Gasteiger partial charge in [0, 0.05) is 15.2 Å². The summed E-state index contributed by atoms with van der Waals surface area (Å²) in [5, 5.41) is 10.1. The number of hydrogen-bond acceptors (Lipinski definition) is 5. The van der Waals surface area contributed by atoms with Gasteiger partial charge in [-0.3, -0.25) is 0 Å². The Morgan fingerprint density at radius 3 is 2.55 bits per heavy atom. The predicted octanol–water partition coefficient (Wildman–Crippen LogP) is 8.31. The number of benzene rings is 3. The minimum atomic E-state index is 0.781. The Bertz CT molecular complexity index is 1240. The number of ether oxygens (including phenoxy) is 1. The third-order valence-electron chi connectivity index (χ3n) is 5.37. The number of hydrogen-bond donors (Lipinski definition) is 0. The van der Waals surface area contributed by atoms with Crippen molar-refractivity contribution in [3.63, 3.8) is 0 Å². The van der Waals surface area contributed by atoms with Gasteiger partial charge in [0.15, 0.2) is 0 Å². The van der Waals surface area contributed by atoms with Gasteiger partial charge in [0.05, 0.1) is 23.9 Å². The predicted molar refractivity (Wildman–Crippen MR) is 146 cm³/mol. The van der Waals surface area contributed by atoms with Gasteiger partial charge in [-0.25, -0.2) is 0 Å². The minimum Gasteiger partial charge on any atom is -0.496 e. The highest BCUT2D eigenvalue weighted by atomic mass is 32.2. The molecule has 4 aromatic rings. The SMILES string of the molecule is CCCCSc1ccc(-c2ccc(OC)c(/C=N/N=C(\C)c3cc4ccccc4s3)c2)cc1. The van der Waals surface area contributed by atoms with Crippen LogP contribution in [0.25, 0.3) is 21.2 Å². The molecule has 0 aliphatic heterocycles. The van der Waals surface area contributed by atoms with Gasteiger partial charge < -0.3 is 4.74 Å². The quantitative estimate of drug-likeness (QED) is 0.106. The summed E-state index contributed by atoms with van der Waals surface area (Å²) in [5.74, 6) is 1.95. The van der Waals surface area contributed by atoms with E-state index in [0.717, 1.165) is 27.5 Å². The first kappa shape index (κ1) is 23.3. The van der Waals surface area contributed by atoms with Crippen LogP contribution in [0.1, 0.15) is 37.1 Å². The molecule has 1 heterocycles. The topological polar surface area (TPSA) is 34.0 Å². The number of nitrogens with zero attached hydrogens (tertiary/aromatic N) is 2. The maximum Gasteiger partial charge on any atom is 0.127 e. The maximum atomic E-state index is 5.55. The fourth-order valence-corrected chi connectivity index (χ4v) is 5.48. The lowest BCUT2D eigenvalue weighted by Gasteiger charge is -2.08. The number of methoxy groups -OCH3 is 1. The monoisotopic (exact) mass is 472 g/mol. The van der Waals surface area contributed by atoms with Crippen molar-refractivity contribution in [3.8, 4) is 16.9 Å². The van der Waals surface area contributed by atoms with Crippen molar-refractivity contribution < 1.29 is 4.74 Å². The molecule has 3 aromatic carbocycles. The van der Waals surface area contributed by atoms with E-state index in [1.165, 1.54) is 39.1 Å². The van der Waals surface area contributed by atoms with Crippen molar-refractivity contribution in [2.45, 2.75) is 31.6 Å². The number of fused-ring (bicyclic) bond motifs is 1. The summed E-state index contributed by atoms with van der Waals surface area (Å²) in [6.07, 6.45) is 4.25. The second-order valence-corrected chi connectivity index (χ2v) is 10.0. The molecule has 3 nitrogen and oxygen atoms in total. The lowest BCUT2D eigenvalue weighted by molar-refractivity contribution is 0.414. The lowest BCUT2D eigenvalue weighted by Crippen LogP contribution is -1.93. The average molecular weight is 473 g/mol. The van der Waals surface area contributed by atoms with E-state index in [0.29, 0.717) is 0 Å². The minimum absolute atomic E-state index is 0.781. The molecule has 0 fully saturated rings. The molecular formula is C28H28N2OS2. The molecule has 0 N–H and O–H groups in total. The van der Waals surface area contributed by atoms with Gasteiger partial charge in [0.1, 0.15) is 5.75 Å². The van der Waals surface area contributed by atoms with Crippen molar-refractivity contribution in [2.75, 3.05) is 12.9 Å². The van der Waals surface area contributed by atoms with E-state index < -0.39 is 0 Å². The van der Waals surface area contributed by atoms with Gasteiger partial charge >= 0.3 is 0 Å². The van der Waals surface area contributed by atoms with E-state index >= 15 is 0 Å². The molecule has 0 spiro atoms. The van der Waals surface area contributed by atoms with Crippen LogP contribution in [0.5, 0.6) is 5.75 Å². The molecule has 5 heteroatoms. The van der Waals surface area contributed by atoms with Gasteiger partial charge in [-0.05, 0) is 72.0 Å². The van der Waals surface area contributed by atoms with Crippen LogP contribution in [-0.4, -0.2) is 24.8 Å². The molecule has 0 saturated carbocycles. The Balaban J connectivity index is 1.52. The third kappa shape index (κ3) is 5.92. The van der Waals surface area contributed by atoms with Gasteiger partial charge in [-0.2, -0.15) is 10.2 Å². The zero-order valence-corrected chi connectivity index (χ0v) is 20.9. The number of thiophene rings is 1. The molecule has 33 heavy (non-hydrogen) atoms. The van der Waals surface area contributed by atoms with Crippen molar-refractivity contribution in [2.24, 2.45) is 10.2 Å². The molecule has 1 aromatic heterocycles. The molecule has 4 rings (SSSR count). The van der Waals surface area contributed by atoms with Crippen molar-refractivity contribution in [1.82, 2.24) is 0 Å². The molecule has 0 bridgehead atoms. The molecule has 0 aliphatic carbocycles. The Hall–Kier alpha value is -2.89. The van der Waals surface area contributed by atoms with Crippen LogP contribution in [0.2, 0.25) is 0 Å². The Morgan fingerprint density at radius 2 is 1.79 bits per heavy atom. The second-order valence-electron chi connectivity index (χ2n) is 7.76. The molecular weight excluding hydrogens is 444 g/mol. The van der Waals surface area contributed by atoms with Crippen LogP contribution in [0.3, 0.4) is 0 Å². The van der Waals surface area contributed by atoms with Crippen molar-refractivity contribution >= 4 is 45.1 Å². The number of rotatable bonds is 9. The van der Waals surface area contributed by atoms with E-state index in [2.05, 4.69) is 83.9 Å². The highest BCUT2D eigenvalue weighted by Crippen LogP contribution is 2.29. The Morgan fingerprint density at radius 1 is 1.00 bits per heavy atom. The maximum absolute atomic E-state index is 5.55. The zero-order chi connectivity index (χ0) is 23.0. The van der Waals surface area contributed by atoms with Crippen LogP contribution in [-0.2, 0) is 0 Å². The highest BCUT2D eigenvalue weighted by Gasteiger charge is 2.06. The largest absolute Gasteiger partial charge is 0.496 e. The normalized spacial score (nSPS) is 12.0. The molecule has 0 radical (unpaired) electrons. The molecule has 0 saturated heterocycles. The number of thioether (sulfide) groups is 1. The summed E-state index contributed by atoms with van der Waals surface area (Å²) in [6, 6.07) is 25.5. The second kappa shape index (κ2) is 11.3. The average Bonchev–Trinajstić information content (AvgIpc) is 3.29. The van der Waals surface area contributed by atoms with Crippen molar-refractivity contribution in [1.29, 1.82) is 0 Å².